The Morgan fingerprint density at radius 1 is 1.12 bits per heavy atom. The van der Waals surface area contributed by atoms with Crippen LogP contribution in [0.4, 0.5) is 20.3 Å². The van der Waals surface area contributed by atoms with E-state index in [2.05, 4.69) is 33.9 Å². The third-order valence-corrected chi connectivity index (χ3v) is 6.85. The summed E-state index contributed by atoms with van der Waals surface area (Å²) in [6.07, 6.45) is 6.88. The number of nitrogens with one attached hydrogen (secondary N) is 3. The normalized spacial score (nSPS) is 22.0. The van der Waals surface area contributed by atoms with Gasteiger partial charge in [0, 0.05) is 48.6 Å². The van der Waals surface area contributed by atoms with Crippen LogP contribution in [-0.4, -0.2) is 43.4 Å². The molecule has 0 bridgehead atoms. The predicted octanol–water partition coefficient (Wildman–Crippen LogP) is 5.09. The maximum absolute atomic E-state index is 14.7. The molecule has 0 radical (unpaired) electrons. The lowest BCUT2D eigenvalue weighted by Crippen LogP contribution is -2.42. The van der Waals surface area contributed by atoms with Gasteiger partial charge in [0.15, 0.2) is 0 Å². The lowest BCUT2D eigenvalue weighted by molar-refractivity contribution is 0.161. The highest BCUT2D eigenvalue weighted by Gasteiger charge is 2.42. The third-order valence-electron chi connectivity index (χ3n) is 6.85. The van der Waals surface area contributed by atoms with Gasteiger partial charge in [-0.05, 0) is 69.7 Å². The van der Waals surface area contributed by atoms with E-state index in [0.717, 1.165) is 44.7 Å². The van der Waals surface area contributed by atoms with Gasteiger partial charge in [0.2, 0.25) is 0 Å². The minimum atomic E-state index is -0.572. The van der Waals surface area contributed by atoms with Gasteiger partial charge in [-0.25, -0.2) is 13.8 Å². The molecule has 3 N–H and O–H groups in total. The zero-order chi connectivity index (χ0) is 24.1. The monoisotopic (exact) mass is 469 g/mol. The van der Waals surface area contributed by atoms with Gasteiger partial charge in [-0.1, -0.05) is 0 Å². The smallest absolute Gasteiger partial charge is 0.149 e. The minimum absolute atomic E-state index is 0.170. The number of nitrogens with zero attached hydrogens (tertiary/aromatic N) is 2. The molecular formula is C26H33F2N5O. The second kappa shape index (κ2) is 10.7. The molecule has 1 atom stereocenters. The van der Waals surface area contributed by atoms with Crippen molar-refractivity contribution in [2.45, 2.75) is 63.6 Å². The molecule has 1 aromatic heterocycles. The molecule has 34 heavy (non-hydrogen) atoms. The Balaban J connectivity index is 1.41. The van der Waals surface area contributed by atoms with Crippen molar-refractivity contribution in [1.29, 1.82) is 5.26 Å². The summed E-state index contributed by atoms with van der Waals surface area (Å²) in [4.78, 5) is 4.20. The molecule has 1 aromatic carbocycles. The molecule has 0 amide bonds. The van der Waals surface area contributed by atoms with Crippen LogP contribution in [0.3, 0.4) is 0 Å². The van der Waals surface area contributed by atoms with Crippen LogP contribution in [0.2, 0.25) is 0 Å². The summed E-state index contributed by atoms with van der Waals surface area (Å²) in [6, 6.07) is 9.47. The van der Waals surface area contributed by atoms with Gasteiger partial charge in [-0.2, -0.15) is 5.26 Å². The van der Waals surface area contributed by atoms with E-state index in [-0.39, 0.29) is 22.6 Å². The Morgan fingerprint density at radius 3 is 2.50 bits per heavy atom. The fourth-order valence-corrected chi connectivity index (χ4v) is 4.63. The largest absolute Gasteiger partial charge is 0.383 e. The van der Waals surface area contributed by atoms with Crippen LogP contribution >= 0.6 is 0 Å². The molecule has 2 fully saturated rings. The quantitative estimate of drug-likeness (QED) is 0.450. The number of pyridine rings is 1. The van der Waals surface area contributed by atoms with Gasteiger partial charge in [-0.3, -0.25) is 0 Å². The first-order valence-corrected chi connectivity index (χ1v) is 12.0. The predicted molar refractivity (Wildman–Crippen MR) is 129 cm³/mol. The van der Waals surface area contributed by atoms with Crippen LogP contribution in [0, 0.1) is 28.4 Å². The summed E-state index contributed by atoms with van der Waals surface area (Å²) >= 11 is 0. The molecule has 2 aromatic rings. The van der Waals surface area contributed by atoms with Crippen LogP contribution < -0.4 is 16.0 Å². The van der Waals surface area contributed by atoms with Crippen LogP contribution in [0.25, 0.3) is 11.1 Å². The number of halogens is 2. The molecule has 0 aliphatic heterocycles. The number of ether oxygens (including phenoxy) is 1. The number of nitriles is 1. The van der Waals surface area contributed by atoms with Crippen molar-refractivity contribution in [3.05, 3.63) is 42.1 Å². The number of anilines is 2. The molecule has 2 aliphatic carbocycles. The van der Waals surface area contributed by atoms with E-state index < -0.39 is 11.6 Å². The molecule has 182 valence electrons. The molecule has 1 heterocycles. The van der Waals surface area contributed by atoms with Crippen molar-refractivity contribution in [2.75, 3.05) is 30.9 Å². The van der Waals surface area contributed by atoms with E-state index in [9.17, 15) is 14.0 Å². The topological polar surface area (TPSA) is 82.0 Å². The van der Waals surface area contributed by atoms with Gasteiger partial charge >= 0.3 is 0 Å². The molecule has 0 saturated heterocycles. The fraction of sp³-hybridized carbons (Fsp3) is 0.538. The zero-order valence-electron chi connectivity index (χ0n) is 19.8. The summed E-state index contributed by atoms with van der Waals surface area (Å²) in [5.41, 5.74) is 0.681. The molecule has 2 aliphatic rings. The van der Waals surface area contributed by atoms with E-state index in [1.807, 2.05) is 0 Å². The maximum atomic E-state index is 14.7. The maximum Gasteiger partial charge on any atom is 0.149 e. The van der Waals surface area contributed by atoms with Crippen LogP contribution in [-0.2, 0) is 4.74 Å². The SMILES string of the molecule is COC[C@@H](C)N[C@H]1CC[C@H](Nc2cc(-c3cc(NCC4(C#N)CC4)ccc3F)c(F)cn2)CC1. The molecule has 0 spiro atoms. The summed E-state index contributed by atoms with van der Waals surface area (Å²) in [5.74, 6) is -0.531. The van der Waals surface area contributed by atoms with E-state index in [4.69, 9.17) is 4.74 Å². The van der Waals surface area contributed by atoms with Crippen molar-refractivity contribution < 1.29 is 13.5 Å². The lowest BCUT2D eigenvalue weighted by atomic mass is 9.90. The molecular weight excluding hydrogens is 436 g/mol. The molecule has 0 unspecified atom stereocenters. The van der Waals surface area contributed by atoms with Gasteiger partial charge in [0.05, 0.1) is 24.3 Å². The molecule has 4 rings (SSSR count). The number of methoxy groups -OCH3 is 1. The average Bonchev–Trinajstić information content (AvgIpc) is 3.62. The van der Waals surface area contributed by atoms with Crippen molar-refractivity contribution >= 4 is 11.5 Å². The van der Waals surface area contributed by atoms with E-state index in [1.54, 1.807) is 25.3 Å². The molecule has 8 heteroatoms. The van der Waals surface area contributed by atoms with Crippen molar-refractivity contribution in [3.63, 3.8) is 0 Å². The number of hydrogen-bond acceptors (Lipinski definition) is 6. The highest BCUT2D eigenvalue weighted by atomic mass is 19.1. The lowest BCUT2D eigenvalue weighted by Gasteiger charge is -2.31. The molecule has 2 saturated carbocycles. The third kappa shape index (κ3) is 6.02. The van der Waals surface area contributed by atoms with Gasteiger partial charge in [0.1, 0.15) is 17.5 Å². The Bertz CT molecular complexity index is 1030. The average molecular weight is 470 g/mol. The second-order valence-corrected chi connectivity index (χ2v) is 9.71. The highest BCUT2D eigenvalue weighted by Crippen LogP contribution is 2.45. The Morgan fingerprint density at radius 2 is 1.82 bits per heavy atom. The first-order chi connectivity index (χ1) is 16.4. The van der Waals surface area contributed by atoms with E-state index in [1.165, 1.54) is 6.07 Å². The second-order valence-electron chi connectivity index (χ2n) is 9.71. The van der Waals surface area contributed by atoms with E-state index in [0.29, 0.717) is 36.7 Å². The van der Waals surface area contributed by atoms with Crippen LogP contribution in [0.15, 0.2) is 30.5 Å². The summed E-state index contributed by atoms with van der Waals surface area (Å²) in [6.45, 7) is 3.31. The van der Waals surface area contributed by atoms with Crippen molar-refractivity contribution in [3.8, 4) is 17.2 Å². The standard InChI is InChI=1S/C26H33F2N5O/c1-17(14-34-2)32-18-3-5-19(6-4-18)33-25-12-22(24(28)13-30-25)21-11-20(7-8-23(21)27)31-16-26(15-29)9-10-26/h7-8,11-13,17-19,31-32H,3-6,9-10,14,16H2,1-2H3,(H,30,33)/t17-,18-,19-/m1/s1. The first kappa shape index (κ1) is 24.4. The van der Waals surface area contributed by atoms with Gasteiger partial charge < -0.3 is 20.7 Å². The Kier molecular flexibility index (Phi) is 7.64. The van der Waals surface area contributed by atoms with Gasteiger partial charge in [-0.15, -0.1) is 0 Å². The minimum Gasteiger partial charge on any atom is -0.383 e. The van der Waals surface area contributed by atoms with Crippen molar-refractivity contribution in [1.82, 2.24) is 10.3 Å². The number of hydrogen-bond donors (Lipinski definition) is 3. The van der Waals surface area contributed by atoms with Crippen molar-refractivity contribution in [2.24, 2.45) is 5.41 Å². The van der Waals surface area contributed by atoms with E-state index >= 15 is 0 Å². The zero-order valence-corrected chi connectivity index (χ0v) is 19.8. The van der Waals surface area contributed by atoms with Gasteiger partial charge in [0.25, 0.3) is 0 Å². The molecule has 6 nitrogen and oxygen atoms in total. The number of rotatable bonds is 10. The first-order valence-electron chi connectivity index (χ1n) is 12.0. The summed E-state index contributed by atoms with van der Waals surface area (Å²) in [7, 11) is 1.71. The highest BCUT2D eigenvalue weighted by molar-refractivity contribution is 5.71. The van der Waals surface area contributed by atoms with Crippen LogP contribution in [0.5, 0.6) is 0 Å². The number of aromatic nitrogens is 1. The summed E-state index contributed by atoms with van der Waals surface area (Å²) in [5, 5.41) is 19.5. The Labute approximate surface area is 200 Å². The Hall–Kier alpha value is -2.76. The van der Waals surface area contributed by atoms with Crippen LogP contribution in [0.1, 0.15) is 45.4 Å². The fourth-order valence-electron chi connectivity index (χ4n) is 4.63. The number of benzene rings is 1. The summed E-state index contributed by atoms with van der Waals surface area (Å²) < 4.78 is 34.6.